The number of hydrogen-bond acceptors (Lipinski definition) is 5. The summed E-state index contributed by atoms with van der Waals surface area (Å²) in [7, 11) is 0. The van der Waals surface area contributed by atoms with E-state index in [4.69, 9.17) is 4.74 Å². The molecule has 0 saturated heterocycles. The summed E-state index contributed by atoms with van der Waals surface area (Å²) in [6.45, 7) is 8.08. The number of halogens is 1. The van der Waals surface area contributed by atoms with Gasteiger partial charge in [0.1, 0.15) is 4.60 Å². The van der Waals surface area contributed by atoms with Crippen molar-refractivity contribution in [2.24, 2.45) is 5.41 Å². The van der Waals surface area contributed by atoms with Gasteiger partial charge >= 0.3 is 5.97 Å². The molecule has 1 aromatic rings. The molecule has 1 atom stereocenters. The van der Waals surface area contributed by atoms with Crippen molar-refractivity contribution in [1.29, 1.82) is 0 Å². The van der Waals surface area contributed by atoms with Crippen LogP contribution in [0, 0.1) is 5.41 Å². The molecular weight excluding hydrogens is 396 g/mol. The summed E-state index contributed by atoms with van der Waals surface area (Å²) in [5, 5.41) is 3.31. The van der Waals surface area contributed by atoms with E-state index in [1.54, 1.807) is 6.92 Å². The van der Waals surface area contributed by atoms with Crippen molar-refractivity contribution in [1.82, 2.24) is 10.3 Å². The van der Waals surface area contributed by atoms with E-state index < -0.39 is 11.9 Å². The topological polar surface area (TPSA) is 68.3 Å². The van der Waals surface area contributed by atoms with Crippen LogP contribution in [-0.2, 0) is 14.3 Å². The third kappa shape index (κ3) is 3.47. The average molecular weight is 419 g/mol. The first kappa shape index (κ1) is 18.8. The molecule has 1 aliphatic carbocycles. The van der Waals surface area contributed by atoms with Gasteiger partial charge in [0.2, 0.25) is 0 Å². The lowest BCUT2D eigenvalue weighted by atomic mass is 9.69. The highest BCUT2D eigenvalue weighted by Crippen LogP contribution is 2.46. The van der Waals surface area contributed by atoms with Gasteiger partial charge in [0, 0.05) is 23.4 Å². The minimum atomic E-state index is -0.508. The number of carbonyl (C=O) groups is 2. The van der Waals surface area contributed by atoms with E-state index >= 15 is 0 Å². The second-order valence-corrected chi connectivity index (χ2v) is 8.35. The van der Waals surface area contributed by atoms with Gasteiger partial charge in [-0.3, -0.25) is 4.79 Å². The summed E-state index contributed by atoms with van der Waals surface area (Å²) in [4.78, 5) is 30.3. The zero-order valence-corrected chi connectivity index (χ0v) is 17.1. The van der Waals surface area contributed by atoms with Crippen LogP contribution in [0.3, 0.4) is 0 Å². The number of hydrogen-bond donors (Lipinski definition) is 1. The number of esters is 1. The van der Waals surface area contributed by atoms with Crippen molar-refractivity contribution in [3.8, 4) is 0 Å². The second-order valence-electron chi connectivity index (χ2n) is 7.54. The molecule has 1 aromatic heterocycles. The lowest BCUT2D eigenvalue weighted by Gasteiger charge is -2.39. The molecule has 0 fully saturated rings. The molecule has 0 spiro atoms. The molecule has 1 N–H and O–H groups in total. The van der Waals surface area contributed by atoms with Crippen LogP contribution in [0.15, 0.2) is 45.3 Å². The molecule has 3 rings (SSSR count). The fourth-order valence-corrected chi connectivity index (χ4v) is 4.15. The number of nitrogens with zero attached hydrogens (tertiary/aromatic N) is 1. The van der Waals surface area contributed by atoms with Crippen LogP contribution in [0.1, 0.15) is 52.1 Å². The number of ether oxygens (including phenoxy) is 1. The lowest BCUT2D eigenvalue weighted by Crippen LogP contribution is -2.39. The van der Waals surface area contributed by atoms with E-state index in [9.17, 15) is 9.59 Å². The maximum Gasteiger partial charge on any atom is 0.336 e. The molecule has 0 aromatic carbocycles. The quantitative estimate of drug-likeness (QED) is 0.592. The molecule has 0 radical (unpaired) electrons. The zero-order chi connectivity index (χ0) is 19.1. The fraction of sp³-hybridized carbons (Fsp3) is 0.450. The van der Waals surface area contributed by atoms with Crippen molar-refractivity contribution >= 4 is 27.7 Å². The first-order chi connectivity index (χ1) is 12.2. The van der Waals surface area contributed by atoms with Crippen LogP contribution in [0.2, 0.25) is 0 Å². The molecule has 0 saturated carbocycles. The highest BCUT2D eigenvalue weighted by Gasteiger charge is 2.43. The molecule has 26 heavy (non-hydrogen) atoms. The van der Waals surface area contributed by atoms with Crippen LogP contribution < -0.4 is 5.32 Å². The number of carbonyl (C=O) groups excluding carboxylic acids is 2. The predicted octanol–water partition coefficient (Wildman–Crippen LogP) is 4.01. The van der Waals surface area contributed by atoms with Gasteiger partial charge in [0.15, 0.2) is 5.78 Å². The highest BCUT2D eigenvalue weighted by molar-refractivity contribution is 9.10. The Morgan fingerprint density at radius 3 is 2.77 bits per heavy atom. The maximum atomic E-state index is 13.0. The van der Waals surface area contributed by atoms with Gasteiger partial charge < -0.3 is 10.1 Å². The van der Waals surface area contributed by atoms with Gasteiger partial charge in [-0.2, -0.15) is 0 Å². The van der Waals surface area contributed by atoms with Crippen molar-refractivity contribution in [2.75, 3.05) is 6.61 Å². The molecule has 5 nitrogen and oxygen atoms in total. The largest absolute Gasteiger partial charge is 0.463 e. The maximum absolute atomic E-state index is 13.0. The van der Waals surface area contributed by atoms with E-state index in [-0.39, 0.29) is 17.8 Å². The van der Waals surface area contributed by atoms with E-state index in [1.165, 1.54) is 0 Å². The summed E-state index contributed by atoms with van der Waals surface area (Å²) in [5.74, 6) is -0.857. The number of nitrogens with one attached hydrogen (secondary N) is 1. The Morgan fingerprint density at radius 1 is 1.38 bits per heavy atom. The van der Waals surface area contributed by atoms with Crippen LogP contribution in [0.4, 0.5) is 0 Å². The van der Waals surface area contributed by atoms with Gasteiger partial charge in [-0.25, -0.2) is 9.78 Å². The van der Waals surface area contributed by atoms with E-state index in [0.717, 1.165) is 17.8 Å². The first-order valence-electron chi connectivity index (χ1n) is 8.77. The van der Waals surface area contributed by atoms with Gasteiger partial charge in [-0.1, -0.05) is 19.9 Å². The molecule has 0 amide bonds. The van der Waals surface area contributed by atoms with E-state index in [0.29, 0.717) is 27.9 Å². The van der Waals surface area contributed by atoms with E-state index in [1.807, 2.05) is 25.1 Å². The molecule has 0 bridgehead atoms. The van der Waals surface area contributed by atoms with Crippen LogP contribution in [0.5, 0.6) is 0 Å². The Balaban J connectivity index is 2.18. The molecule has 2 heterocycles. The number of allylic oxidation sites excluding steroid dienone is 3. The van der Waals surface area contributed by atoms with Crippen molar-refractivity contribution in [2.45, 2.75) is 46.5 Å². The average Bonchev–Trinajstić information content (AvgIpc) is 2.52. The Morgan fingerprint density at radius 2 is 2.12 bits per heavy atom. The molecule has 1 aliphatic heterocycles. The molecular formula is C20H23BrN2O3. The Labute approximate surface area is 162 Å². The third-order valence-corrected chi connectivity index (χ3v) is 5.21. The summed E-state index contributed by atoms with van der Waals surface area (Å²) in [6, 6.07) is 5.54. The number of aromatic nitrogens is 1. The Kier molecular flexibility index (Phi) is 5.06. The van der Waals surface area contributed by atoms with Crippen molar-refractivity contribution < 1.29 is 14.3 Å². The summed E-state index contributed by atoms with van der Waals surface area (Å²) in [6.07, 6.45) is 1.21. The van der Waals surface area contributed by atoms with E-state index in [2.05, 4.69) is 40.1 Å². The van der Waals surface area contributed by atoms with Crippen LogP contribution in [0.25, 0.3) is 0 Å². The third-order valence-electron chi connectivity index (χ3n) is 4.77. The Bertz CT molecular complexity index is 839. The van der Waals surface area contributed by atoms with Gasteiger partial charge in [0.25, 0.3) is 0 Å². The summed E-state index contributed by atoms with van der Waals surface area (Å²) >= 11 is 3.39. The number of pyridine rings is 1. The number of dihydropyridines is 1. The smallest absolute Gasteiger partial charge is 0.336 e. The van der Waals surface area contributed by atoms with Crippen molar-refractivity contribution in [3.05, 3.63) is 51.0 Å². The lowest BCUT2D eigenvalue weighted by molar-refractivity contribution is -0.138. The number of rotatable bonds is 3. The minimum Gasteiger partial charge on any atom is -0.463 e. The molecule has 138 valence electrons. The molecule has 0 unspecified atom stereocenters. The second kappa shape index (κ2) is 6.99. The predicted molar refractivity (Wildman–Crippen MR) is 102 cm³/mol. The number of Topliss-reactive ketones (excluding diaryl/α,β-unsaturated/α-hetero) is 1. The van der Waals surface area contributed by atoms with Gasteiger partial charge in [-0.05, 0) is 53.7 Å². The minimum absolute atomic E-state index is 0.0600. The monoisotopic (exact) mass is 418 g/mol. The van der Waals surface area contributed by atoms with Gasteiger partial charge in [0.05, 0.1) is 23.8 Å². The highest BCUT2D eigenvalue weighted by atomic mass is 79.9. The summed E-state index contributed by atoms with van der Waals surface area (Å²) in [5.41, 5.74) is 3.28. The van der Waals surface area contributed by atoms with Gasteiger partial charge in [-0.15, -0.1) is 0 Å². The first-order valence-corrected chi connectivity index (χ1v) is 9.56. The summed E-state index contributed by atoms with van der Waals surface area (Å²) < 4.78 is 5.95. The number of ketones is 1. The van der Waals surface area contributed by atoms with Crippen molar-refractivity contribution in [3.63, 3.8) is 0 Å². The van der Waals surface area contributed by atoms with Crippen LogP contribution in [-0.4, -0.2) is 23.3 Å². The SMILES string of the molecule is CCOC(=O)C1=C(C)NC2=C(C(=O)CC(C)(C)C2)[C@H]1c1cccc(Br)n1. The standard InChI is InChI=1S/C20H23BrN2O3/c1-5-26-19(25)16-11(2)22-13-9-20(3,4)10-14(24)17(13)18(16)12-7-6-8-15(21)23-12/h6-8,18,22H,5,9-10H2,1-4H3/t18-/m0/s1. The van der Waals surface area contributed by atoms with Crippen LogP contribution >= 0.6 is 15.9 Å². The zero-order valence-electron chi connectivity index (χ0n) is 15.5. The molecule has 6 heteroatoms. The normalized spacial score (nSPS) is 22.0. The Hall–Kier alpha value is -1.95. The molecule has 2 aliphatic rings. The fourth-order valence-electron chi connectivity index (χ4n) is 3.80.